The third-order valence-corrected chi connectivity index (χ3v) is 2.94. The van der Waals surface area contributed by atoms with E-state index in [1.54, 1.807) is 0 Å². The van der Waals surface area contributed by atoms with Gasteiger partial charge in [0.25, 0.3) is 0 Å². The number of hydrogen-bond donors (Lipinski definition) is 1. The molecule has 2 N–H and O–H groups in total. The van der Waals surface area contributed by atoms with Crippen molar-refractivity contribution in [3.8, 4) is 0 Å². The molecule has 13 heavy (non-hydrogen) atoms. The van der Waals surface area contributed by atoms with Crippen LogP contribution in [-0.4, -0.2) is 6.04 Å². The first kappa shape index (κ1) is 8.76. The van der Waals surface area contributed by atoms with Crippen LogP contribution in [0.1, 0.15) is 24.0 Å². The standard InChI is InChI=1S/C12H17N/c1-9-4-2-3-5-11(9)8-12(13)10-6-7-10/h2-5,10,12H,6-8,13H2,1H3. The van der Waals surface area contributed by atoms with E-state index in [1.165, 1.54) is 24.0 Å². The fourth-order valence-electron chi connectivity index (χ4n) is 1.78. The van der Waals surface area contributed by atoms with E-state index in [-0.39, 0.29) is 0 Å². The summed E-state index contributed by atoms with van der Waals surface area (Å²) in [6.07, 6.45) is 3.73. The van der Waals surface area contributed by atoms with Gasteiger partial charge in [0.05, 0.1) is 0 Å². The minimum absolute atomic E-state index is 0.390. The zero-order chi connectivity index (χ0) is 9.26. The molecule has 0 aliphatic heterocycles. The molecular formula is C12H17N. The molecule has 1 aliphatic rings. The van der Waals surface area contributed by atoms with Crippen molar-refractivity contribution in [1.29, 1.82) is 0 Å². The van der Waals surface area contributed by atoms with Gasteiger partial charge in [0.1, 0.15) is 0 Å². The number of hydrogen-bond acceptors (Lipinski definition) is 1. The maximum atomic E-state index is 6.08. The normalized spacial score (nSPS) is 18.6. The maximum absolute atomic E-state index is 6.08. The lowest BCUT2D eigenvalue weighted by Gasteiger charge is -2.11. The second-order valence-electron chi connectivity index (χ2n) is 4.13. The quantitative estimate of drug-likeness (QED) is 0.749. The van der Waals surface area contributed by atoms with Crippen molar-refractivity contribution in [1.82, 2.24) is 0 Å². The van der Waals surface area contributed by atoms with Crippen molar-refractivity contribution < 1.29 is 0 Å². The van der Waals surface area contributed by atoms with E-state index in [4.69, 9.17) is 5.73 Å². The van der Waals surface area contributed by atoms with Crippen LogP contribution in [0.4, 0.5) is 0 Å². The number of benzene rings is 1. The van der Waals surface area contributed by atoms with E-state index in [1.807, 2.05) is 0 Å². The minimum Gasteiger partial charge on any atom is -0.327 e. The SMILES string of the molecule is Cc1ccccc1CC(N)C1CC1. The summed E-state index contributed by atoms with van der Waals surface area (Å²) in [7, 11) is 0. The highest BCUT2D eigenvalue weighted by Gasteiger charge is 2.28. The molecule has 0 bridgehead atoms. The van der Waals surface area contributed by atoms with Crippen LogP contribution in [0.5, 0.6) is 0 Å². The molecule has 0 saturated heterocycles. The Balaban J connectivity index is 2.03. The van der Waals surface area contributed by atoms with Crippen LogP contribution in [0, 0.1) is 12.8 Å². The lowest BCUT2D eigenvalue weighted by atomic mass is 9.99. The van der Waals surface area contributed by atoms with Gasteiger partial charge < -0.3 is 5.73 Å². The summed E-state index contributed by atoms with van der Waals surface area (Å²) >= 11 is 0. The maximum Gasteiger partial charge on any atom is 0.0108 e. The molecule has 1 aliphatic carbocycles. The lowest BCUT2D eigenvalue weighted by molar-refractivity contribution is 0.590. The Bertz CT molecular complexity index is 289. The van der Waals surface area contributed by atoms with Gasteiger partial charge in [-0.05, 0) is 43.2 Å². The fourth-order valence-corrected chi connectivity index (χ4v) is 1.78. The molecule has 1 nitrogen and oxygen atoms in total. The molecule has 2 rings (SSSR count). The van der Waals surface area contributed by atoms with Gasteiger partial charge in [0, 0.05) is 6.04 Å². The van der Waals surface area contributed by atoms with E-state index in [9.17, 15) is 0 Å². The Morgan fingerprint density at radius 2 is 2.08 bits per heavy atom. The average Bonchev–Trinajstić information content (AvgIpc) is 2.91. The number of nitrogens with two attached hydrogens (primary N) is 1. The largest absolute Gasteiger partial charge is 0.327 e. The molecule has 70 valence electrons. The molecule has 1 saturated carbocycles. The van der Waals surface area contributed by atoms with E-state index < -0.39 is 0 Å². The van der Waals surface area contributed by atoms with Crippen molar-refractivity contribution >= 4 is 0 Å². The third kappa shape index (κ3) is 2.10. The molecule has 0 spiro atoms. The summed E-state index contributed by atoms with van der Waals surface area (Å²) in [5.74, 6) is 0.805. The highest BCUT2D eigenvalue weighted by atomic mass is 14.7. The predicted octanol–water partition coefficient (Wildman–Crippen LogP) is 2.27. The summed E-state index contributed by atoms with van der Waals surface area (Å²) < 4.78 is 0. The average molecular weight is 175 g/mol. The van der Waals surface area contributed by atoms with Gasteiger partial charge in [0.15, 0.2) is 0 Å². The smallest absolute Gasteiger partial charge is 0.0108 e. The first-order valence-electron chi connectivity index (χ1n) is 5.07. The first-order valence-corrected chi connectivity index (χ1v) is 5.07. The molecule has 0 radical (unpaired) electrons. The summed E-state index contributed by atoms with van der Waals surface area (Å²) in [5.41, 5.74) is 8.87. The van der Waals surface area contributed by atoms with Gasteiger partial charge in [-0.3, -0.25) is 0 Å². The molecule has 1 unspecified atom stereocenters. The summed E-state index contributed by atoms with van der Waals surface area (Å²) in [5, 5.41) is 0. The molecule has 1 heteroatoms. The summed E-state index contributed by atoms with van der Waals surface area (Å²) in [4.78, 5) is 0. The van der Waals surface area contributed by atoms with Crippen LogP contribution < -0.4 is 5.73 Å². The third-order valence-electron chi connectivity index (χ3n) is 2.94. The number of aryl methyl sites for hydroxylation is 1. The van der Waals surface area contributed by atoms with Gasteiger partial charge in [-0.2, -0.15) is 0 Å². The molecule has 1 fully saturated rings. The van der Waals surface area contributed by atoms with E-state index in [2.05, 4.69) is 31.2 Å². The van der Waals surface area contributed by atoms with Crippen LogP contribution in [0.15, 0.2) is 24.3 Å². The topological polar surface area (TPSA) is 26.0 Å². The van der Waals surface area contributed by atoms with Crippen molar-refractivity contribution in [2.24, 2.45) is 11.7 Å². The molecule has 1 aromatic carbocycles. The minimum atomic E-state index is 0.390. The van der Waals surface area contributed by atoms with E-state index in [0.29, 0.717) is 6.04 Å². The molecular weight excluding hydrogens is 158 g/mol. The Morgan fingerprint density at radius 1 is 1.38 bits per heavy atom. The Kier molecular flexibility index (Phi) is 2.36. The van der Waals surface area contributed by atoms with Gasteiger partial charge in [-0.15, -0.1) is 0 Å². The van der Waals surface area contributed by atoms with Crippen molar-refractivity contribution in [2.75, 3.05) is 0 Å². The summed E-state index contributed by atoms with van der Waals surface area (Å²) in [6, 6.07) is 8.93. The Labute approximate surface area is 80.0 Å². The zero-order valence-corrected chi connectivity index (χ0v) is 8.16. The number of rotatable bonds is 3. The van der Waals surface area contributed by atoms with Gasteiger partial charge in [-0.1, -0.05) is 24.3 Å². The van der Waals surface area contributed by atoms with Crippen molar-refractivity contribution in [3.63, 3.8) is 0 Å². The molecule has 1 atom stereocenters. The van der Waals surface area contributed by atoms with Gasteiger partial charge in [-0.25, -0.2) is 0 Å². The second-order valence-corrected chi connectivity index (χ2v) is 4.13. The predicted molar refractivity (Wildman–Crippen MR) is 55.6 cm³/mol. The van der Waals surface area contributed by atoms with Crippen LogP contribution in [0.25, 0.3) is 0 Å². The molecule has 0 amide bonds. The molecule has 0 heterocycles. The van der Waals surface area contributed by atoms with Gasteiger partial charge in [0.2, 0.25) is 0 Å². The highest BCUT2D eigenvalue weighted by Crippen LogP contribution is 2.33. The van der Waals surface area contributed by atoms with Crippen LogP contribution >= 0.6 is 0 Å². The van der Waals surface area contributed by atoms with E-state index in [0.717, 1.165) is 12.3 Å². The first-order chi connectivity index (χ1) is 6.27. The van der Waals surface area contributed by atoms with Crippen LogP contribution in [-0.2, 0) is 6.42 Å². The zero-order valence-electron chi connectivity index (χ0n) is 8.16. The van der Waals surface area contributed by atoms with Crippen LogP contribution in [0.2, 0.25) is 0 Å². The monoisotopic (exact) mass is 175 g/mol. The lowest BCUT2D eigenvalue weighted by Crippen LogP contribution is -2.25. The Morgan fingerprint density at radius 3 is 2.69 bits per heavy atom. The summed E-state index contributed by atoms with van der Waals surface area (Å²) in [6.45, 7) is 2.16. The second kappa shape index (κ2) is 3.51. The Hall–Kier alpha value is -0.820. The highest BCUT2D eigenvalue weighted by molar-refractivity contribution is 5.26. The molecule has 1 aromatic rings. The van der Waals surface area contributed by atoms with Crippen molar-refractivity contribution in [2.45, 2.75) is 32.2 Å². The fraction of sp³-hybridized carbons (Fsp3) is 0.500. The molecule has 0 aromatic heterocycles. The van der Waals surface area contributed by atoms with Crippen molar-refractivity contribution in [3.05, 3.63) is 35.4 Å². The van der Waals surface area contributed by atoms with E-state index >= 15 is 0 Å². The van der Waals surface area contributed by atoms with Gasteiger partial charge >= 0.3 is 0 Å². The van der Waals surface area contributed by atoms with Crippen LogP contribution in [0.3, 0.4) is 0 Å².